The highest BCUT2D eigenvalue weighted by molar-refractivity contribution is 7.85. The van der Waals surface area contributed by atoms with Gasteiger partial charge in [-0.3, -0.25) is 9.80 Å². The van der Waals surface area contributed by atoms with E-state index < -0.39 is 0 Å². The summed E-state index contributed by atoms with van der Waals surface area (Å²) in [5, 5.41) is 0.358. The van der Waals surface area contributed by atoms with Gasteiger partial charge < -0.3 is 0 Å². The van der Waals surface area contributed by atoms with Crippen LogP contribution >= 0.6 is 25.3 Å². The van der Waals surface area contributed by atoms with Crippen LogP contribution in [0.25, 0.3) is 0 Å². The Balaban J connectivity index is 3.81. The lowest BCUT2D eigenvalue weighted by atomic mass is 10.5. The van der Waals surface area contributed by atoms with Gasteiger partial charge >= 0.3 is 0 Å². The van der Waals surface area contributed by atoms with Gasteiger partial charge in [0.25, 0.3) is 0 Å². The molecule has 0 spiro atoms. The summed E-state index contributed by atoms with van der Waals surface area (Å²) in [7, 11) is 7.96. The van der Waals surface area contributed by atoms with Gasteiger partial charge in [0, 0.05) is 0 Å². The van der Waals surface area contributed by atoms with E-state index in [9.17, 15) is 0 Å². The fraction of sp³-hybridized carbons (Fsp3) is 1.00. The molecule has 2 atom stereocenters. The van der Waals surface area contributed by atoms with Gasteiger partial charge in [0.05, 0.1) is 10.7 Å². The van der Waals surface area contributed by atoms with Crippen LogP contribution in [0.5, 0.6) is 0 Å². The number of likely N-dealkylation sites (N-methyl/N-ethyl adjacent to an activating group) is 2. The molecule has 0 bridgehead atoms. The molecule has 0 heterocycles. The van der Waals surface area contributed by atoms with Crippen LogP contribution < -0.4 is 0 Å². The number of thiol groups is 2. The number of rotatable bonds is 3. The van der Waals surface area contributed by atoms with Crippen molar-refractivity contribution in [3.63, 3.8) is 0 Å². The van der Waals surface area contributed by atoms with Gasteiger partial charge in [-0.2, -0.15) is 25.3 Å². The predicted molar refractivity (Wildman–Crippen MR) is 52.9 cm³/mol. The lowest BCUT2D eigenvalue weighted by Gasteiger charge is -2.29. The molecule has 0 aliphatic rings. The summed E-state index contributed by atoms with van der Waals surface area (Å²) in [6.45, 7) is 0. The lowest BCUT2D eigenvalue weighted by Crippen LogP contribution is -2.39. The number of nitrogens with zero attached hydrogens (tertiary/aromatic N) is 2. The molecule has 4 heteroatoms. The van der Waals surface area contributed by atoms with Gasteiger partial charge in [-0.15, -0.1) is 0 Å². The first-order valence-corrected chi connectivity index (χ1v) is 4.19. The summed E-state index contributed by atoms with van der Waals surface area (Å²) in [5.74, 6) is 0. The van der Waals surface area contributed by atoms with E-state index in [1.54, 1.807) is 0 Å². The highest BCUT2D eigenvalue weighted by Crippen LogP contribution is 2.12. The topological polar surface area (TPSA) is 6.48 Å². The zero-order valence-corrected chi connectivity index (χ0v) is 8.73. The minimum absolute atomic E-state index is 0.179. The maximum absolute atomic E-state index is 4.37. The van der Waals surface area contributed by atoms with E-state index in [2.05, 4.69) is 25.3 Å². The molecule has 0 aliphatic heterocycles. The predicted octanol–water partition coefficient (Wildman–Crippen LogP) is 0.621. The lowest BCUT2D eigenvalue weighted by molar-refractivity contribution is 0.275. The minimum Gasteiger partial charge on any atom is -0.296 e. The smallest absolute Gasteiger partial charge is 0.0772 e. The van der Waals surface area contributed by atoms with Crippen LogP contribution in [0, 0.1) is 0 Å². The standard InChI is InChI=1S/C6H16N2S2/c1-7(2)5(9)6(10)8(3)4/h5-6,9-10H,1-4H3. The zero-order chi connectivity index (χ0) is 8.31. The maximum Gasteiger partial charge on any atom is 0.0772 e. The molecule has 0 radical (unpaired) electrons. The van der Waals surface area contributed by atoms with Gasteiger partial charge in [-0.05, 0) is 28.2 Å². The minimum atomic E-state index is 0.179. The third-order valence-electron chi connectivity index (χ3n) is 1.32. The molecule has 10 heavy (non-hydrogen) atoms. The third-order valence-corrected chi connectivity index (χ3v) is 3.05. The summed E-state index contributed by atoms with van der Waals surface area (Å²) >= 11 is 8.73. The van der Waals surface area contributed by atoms with Crippen LogP contribution in [0.2, 0.25) is 0 Å². The van der Waals surface area contributed by atoms with E-state index in [1.807, 2.05) is 38.0 Å². The molecule has 0 aliphatic carbocycles. The Hall–Kier alpha value is 0.620. The molecular formula is C6H16N2S2. The average Bonchev–Trinajstić information content (AvgIpc) is 1.84. The summed E-state index contributed by atoms with van der Waals surface area (Å²) in [4.78, 5) is 4.06. The van der Waals surface area contributed by atoms with Gasteiger partial charge in [0.1, 0.15) is 0 Å². The Bertz CT molecular complexity index is 83.7. The average molecular weight is 180 g/mol. The Labute approximate surface area is 74.4 Å². The second-order valence-electron chi connectivity index (χ2n) is 2.75. The Kier molecular flexibility index (Phi) is 4.77. The van der Waals surface area contributed by atoms with Crippen LogP contribution in [0.4, 0.5) is 0 Å². The molecule has 62 valence electrons. The first-order valence-electron chi connectivity index (χ1n) is 3.15. The molecule has 0 fully saturated rings. The van der Waals surface area contributed by atoms with E-state index in [-0.39, 0.29) is 10.7 Å². The Morgan fingerprint density at radius 3 is 1.10 bits per heavy atom. The molecule has 2 nitrogen and oxygen atoms in total. The molecule has 0 rings (SSSR count). The van der Waals surface area contributed by atoms with Crippen molar-refractivity contribution in [3.8, 4) is 0 Å². The van der Waals surface area contributed by atoms with Crippen LogP contribution in [-0.2, 0) is 0 Å². The third kappa shape index (κ3) is 3.14. The molecule has 2 unspecified atom stereocenters. The van der Waals surface area contributed by atoms with Crippen LogP contribution in [0.1, 0.15) is 0 Å². The normalized spacial score (nSPS) is 18.0. The second-order valence-corrected chi connectivity index (χ2v) is 3.81. The molecular weight excluding hydrogens is 164 g/mol. The molecule has 0 aromatic rings. The molecule has 0 saturated heterocycles. The summed E-state index contributed by atoms with van der Waals surface area (Å²) in [6, 6.07) is 0. The monoisotopic (exact) mass is 180 g/mol. The van der Waals surface area contributed by atoms with Crippen molar-refractivity contribution in [2.24, 2.45) is 0 Å². The van der Waals surface area contributed by atoms with Gasteiger partial charge in [-0.1, -0.05) is 0 Å². The molecule has 0 aromatic carbocycles. The van der Waals surface area contributed by atoms with Crippen LogP contribution in [0.3, 0.4) is 0 Å². The van der Waals surface area contributed by atoms with Crippen LogP contribution in [-0.4, -0.2) is 48.7 Å². The Morgan fingerprint density at radius 1 is 0.800 bits per heavy atom. The fourth-order valence-corrected chi connectivity index (χ4v) is 1.07. The summed E-state index contributed by atoms with van der Waals surface area (Å²) in [5.41, 5.74) is 0. The molecule has 0 saturated carbocycles. The Morgan fingerprint density at radius 2 is 1.00 bits per heavy atom. The van der Waals surface area contributed by atoms with Crippen molar-refractivity contribution in [1.29, 1.82) is 0 Å². The molecule has 0 N–H and O–H groups in total. The highest BCUT2D eigenvalue weighted by Gasteiger charge is 2.16. The fourth-order valence-electron chi connectivity index (χ4n) is 0.533. The van der Waals surface area contributed by atoms with E-state index in [0.717, 1.165) is 0 Å². The van der Waals surface area contributed by atoms with Crippen LogP contribution in [0.15, 0.2) is 0 Å². The summed E-state index contributed by atoms with van der Waals surface area (Å²) in [6.07, 6.45) is 0. The van der Waals surface area contributed by atoms with E-state index in [4.69, 9.17) is 0 Å². The number of hydrogen-bond acceptors (Lipinski definition) is 4. The van der Waals surface area contributed by atoms with Crippen molar-refractivity contribution in [2.45, 2.75) is 10.7 Å². The van der Waals surface area contributed by atoms with Crippen molar-refractivity contribution >= 4 is 25.3 Å². The number of hydrogen-bond donors (Lipinski definition) is 2. The van der Waals surface area contributed by atoms with Crippen molar-refractivity contribution in [1.82, 2.24) is 9.80 Å². The second kappa shape index (κ2) is 4.49. The van der Waals surface area contributed by atoms with Gasteiger partial charge in [-0.25, -0.2) is 0 Å². The van der Waals surface area contributed by atoms with Crippen molar-refractivity contribution in [2.75, 3.05) is 28.2 Å². The van der Waals surface area contributed by atoms with Crippen molar-refractivity contribution < 1.29 is 0 Å². The van der Waals surface area contributed by atoms with E-state index >= 15 is 0 Å². The maximum atomic E-state index is 4.37. The molecule has 0 amide bonds. The van der Waals surface area contributed by atoms with Gasteiger partial charge in [0.2, 0.25) is 0 Å². The highest BCUT2D eigenvalue weighted by atomic mass is 32.1. The largest absolute Gasteiger partial charge is 0.296 e. The zero-order valence-electron chi connectivity index (χ0n) is 6.94. The first-order chi connectivity index (χ1) is 4.46. The molecule has 0 aromatic heterocycles. The first kappa shape index (κ1) is 10.6. The van der Waals surface area contributed by atoms with Crippen molar-refractivity contribution in [3.05, 3.63) is 0 Å². The van der Waals surface area contributed by atoms with E-state index in [0.29, 0.717) is 0 Å². The van der Waals surface area contributed by atoms with E-state index in [1.165, 1.54) is 0 Å². The quantitative estimate of drug-likeness (QED) is 0.486. The van der Waals surface area contributed by atoms with Gasteiger partial charge in [0.15, 0.2) is 0 Å². The summed E-state index contributed by atoms with van der Waals surface area (Å²) < 4.78 is 0. The SMILES string of the molecule is CN(C)C(S)C(S)N(C)C.